The molecule has 2 heterocycles. The smallest absolute Gasteiger partial charge is 0.119 e. The molecular formula is C18H28N2O2. The summed E-state index contributed by atoms with van der Waals surface area (Å²) in [6, 6.07) is 8.68. The lowest BCUT2D eigenvalue weighted by molar-refractivity contribution is 0.0733. The van der Waals surface area contributed by atoms with Crippen molar-refractivity contribution < 1.29 is 9.84 Å². The molecule has 0 aliphatic carbocycles. The van der Waals surface area contributed by atoms with Crippen molar-refractivity contribution in [3.05, 3.63) is 29.8 Å². The minimum absolute atomic E-state index is 0.369. The maximum Gasteiger partial charge on any atom is 0.119 e. The minimum Gasteiger partial charge on any atom is -0.491 e. The van der Waals surface area contributed by atoms with Gasteiger partial charge >= 0.3 is 0 Å². The lowest BCUT2D eigenvalue weighted by Crippen LogP contribution is -2.38. The van der Waals surface area contributed by atoms with Gasteiger partial charge in [-0.05, 0) is 58.0 Å². The maximum absolute atomic E-state index is 10.2. The topological polar surface area (TPSA) is 35.9 Å². The molecule has 0 radical (unpaired) electrons. The number of aliphatic hydroxyl groups is 1. The summed E-state index contributed by atoms with van der Waals surface area (Å²) in [4.78, 5) is 5.00. The SMILES string of the molecule is Cc1ccc(OCC(O)CN2CCC(N3CCCC3)C2)cc1. The van der Waals surface area contributed by atoms with Crippen LogP contribution in [0.3, 0.4) is 0 Å². The fraction of sp³-hybridized carbons (Fsp3) is 0.667. The number of ether oxygens (including phenoxy) is 1. The third-order valence-electron chi connectivity index (χ3n) is 4.84. The second kappa shape index (κ2) is 7.44. The van der Waals surface area contributed by atoms with E-state index in [1.54, 1.807) is 0 Å². The molecule has 2 aliphatic rings. The lowest BCUT2D eigenvalue weighted by atomic mass is 10.2. The van der Waals surface area contributed by atoms with Gasteiger partial charge in [-0.2, -0.15) is 0 Å². The van der Waals surface area contributed by atoms with E-state index in [4.69, 9.17) is 4.74 Å². The van der Waals surface area contributed by atoms with E-state index < -0.39 is 6.10 Å². The molecule has 3 rings (SSSR count). The summed E-state index contributed by atoms with van der Waals surface area (Å²) in [5.74, 6) is 0.834. The molecule has 2 fully saturated rings. The Balaban J connectivity index is 1.38. The molecule has 2 atom stereocenters. The molecular weight excluding hydrogens is 276 g/mol. The highest BCUT2D eigenvalue weighted by Gasteiger charge is 2.29. The number of hydrogen-bond acceptors (Lipinski definition) is 4. The third kappa shape index (κ3) is 4.22. The summed E-state index contributed by atoms with van der Waals surface area (Å²) < 4.78 is 5.67. The van der Waals surface area contributed by atoms with Crippen molar-refractivity contribution in [3.8, 4) is 5.75 Å². The summed E-state index contributed by atoms with van der Waals surface area (Å²) in [7, 11) is 0. The Bertz CT molecular complexity index is 457. The molecule has 0 saturated carbocycles. The average molecular weight is 304 g/mol. The van der Waals surface area contributed by atoms with Crippen LogP contribution in [0.4, 0.5) is 0 Å². The fourth-order valence-corrected chi connectivity index (χ4v) is 3.56. The molecule has 0 aromatic heterocycles. The minimum atomic E-state index is -0.418. The Morgan fingerprint density at radius 3 is 2.64 bits per heavy atom. The van der Waals surface area contributed by atoms with Crippen LogP contribution in [0.2, 0.25) is 0 Å². The van der Waals surface area contributed by atoms with Gasteiger partial charge in [0.25, 0.3) is 0 Å². The van der Waals surface area contributed by atoms with Gasteiger partial charge in [0.05, 0.1) is 0 Å². The monoisotopic (exact) mass is 304 g/mol. The van der Waals surface area contributed by atoms with Crippen LogP contribution in [-0.2, 0) is 0 Å². The molecule has 0 bridgehead atoms. The molecule has 122 valence electrons. The summed E-state index contributed by atoms with van der Waals surface area (Å²) in [6.07, 6.45) is 3.53. The van der Waals surface area contributed by atoms with Gasteiger partial charge in [0.15, 0.2) is 0 Å². The molecule has 4 heteroatoms. The Hall–Kier alpha value is -1.10. The molecule has 4 nitrogen and oxygen atoms in total. The Labute approximate surface area is 133 Å². The first kappa shape index (κ1) is 15.8. The van der Waals surface area contributed by atoms with Gasteiger partial charge in [-0.1, -0.05) is 17.7 Å². The van der Waals surface area contributed by atoms with E-state index in [0.29, 0.717) is 12.6 Å². The number of aryl methyl sites for hydroxylation is 1. The quantitative estimate of drug-likeness (QED) is 0.871. The van der Waals surface area contributed by atoms with Crippen LogP contribution in [0, 0.1) is 6.92 Å². The van der Waals surface area contributed by atoms with Crippen molar-refractivity contribution >= 4 is 0 Å². The van der Waals surface area contributed by atoms with Crippen LogP contribution in [0.5, 0.6) is 5.75 Å². The summed E-state index contributed by atoms with van der Waals surface area (Å²) >= 11 is 0. The normalized spacial score (nSPS) is 24.7. The van der Waals surface area contributed by atoms with Crippen molar-refractivity contribution in [2.45, 2.75) is 38.3 Å². The number of nitrogens with zero attached hydrogens (tertiary/aromatic N) is 2. The zero-order valence-electron chi connectivity index (χ0n) is 13.6. The summed E-state index contributed by atoms with van der Waals surface area (Å²) in [5.41, 5.74) is 1.22. The average Bonchev–Trinajstić information content (AvgIpc) is 3.17. The van der Waals surface area contributed by atoms with Crippen molar-refractivity contribution in [2.75, 3.05) is 39.3 Å². The molecule has 1 N–H and O–H groups in total. The number of β-amino-alcohol motifs (C(OH)–C–C–N with tert-alkyl or cyclic N) is 1. The number of likely N-dealkylation sites (tertiary alicyclic amines) is 2. The lowest BCUT2D eigenvalue weighted by Gasteiger charge is -2.24. The molecule has 1 aromatic carbocycles. The molecule has 22 heavy (non-hydrogen) atoms. The predicted octanol–water partition coefficient (Wildman–Crippen LogP) is 1.90. The van der Waals surface area contributed by atoms with E-state index in [1.807, 2.05) is 24.3 Å². The van der Waals surface area contributed by atoms with Gasteiger partial charge in [0, 0.05) is 19.1 Å². The van der Waals surface area contributed by atoms with Crippen LogP contribution in [0.25, 0.3) is 0 Å². The van der Waals surface area contributed by atoms with Crippen molar-refractivity contribution in [2.24, 2.45) is 0 Å². The fourth-order valence-electron chi connectivity index (χ4n) is 3.56. The zero-order chi connectivity index (χ0) is 15.4. The molecule has 2 unspecified atom stereocenters. The highest BCUT2D eigenvalue weighted by atomic mass is 16.5. The van der Waals surface area contributed by atoms with Crippen LogP contribution in [0.1, 0.15) is 24.8 Å². The van der Waals surface area contributed by atoms with E-state index in [1.165, 1.54) is 37.9 Å². The zero-order valence-corrected chi connectivity index (χ0v) is 13.6. The van der Waals surface area contributed by atoms with Gasteiger partial charge in [-0.25, -0.2) is 0 Å². The number of rotatable bonds is 6. The van der Waals surface area contributed by atoms with Crippen LogP contribution in [0.15, 0.2) is 24.3 Å². The van der Waals surface area contributed by atoms with E-state index in [0.717, 1.165) is 25.4 Å². The van der Waals surface area contributed by atoms with Gasteiger partial charge in [0.1, 0.15) is 18.5 Å². The third-order valence-corrected chi connectivity index (χ3v) is 4.84. The van der Waals surface area contributed by atoms with Crippen molar-refractivity contribution in [3.63, 3.8) is 0 Å². The standard InChI is InChI=1S/C18H28N2O2/c1-15-4-6-18(7-5-15)22-14-17(21)13-19-11-8-16(12-19)20-9-2-3-10-20/h4-7,16-17,21H,2-3,8-14H2,1H3. The first-order valence-corrected chi connectivity index (χ1v) is 8.54. The molecule has 2 aliphatic heterocycles. The van der Waals surface area contributed by atoms with Crippen LogP contribution in [-0.4, -0.2) is 66.4 Å². The highest BCUT2D eigenvalue weighted by Crippen LogP contribution is 2.20. The van der Waals surface area contributed by atoms with Gasteiger partial charge in [-0.3, -0.25) is 9.80 Å². The molecule has 1 aromatic rings. The Kier molecular flexibility index (Phi) is 5.34. The Morgan fingerprint density at radius 1 is 1.18 bits per heavy atom. The highest BCUT2D eigenvalue weighted by molar-refractivity contribution is 5.26. The second-order valence-electron chi connectivity index (χ2n) is 6.72. The van der Waals surface area contributed by atoms with Crippen molar-refractivity contribution in [1.29, 1.82) is 0 Å². The molecule has 2 saturated heterocycles. The van der Waals surface area contributed by atoms with Crippen molar-refractivity contribution in [1.82, 2.24) is 9.80 Å². The van der Waals surface area contributed by atoms with E-state index in [-0.39, 0.29) is 0 Å². The predicted molar refractivity (Wildman–Crippen MR) is 88.3 cm³/mol. The Morgan fingerprint density at radius 2 is 1.91 bits per heavy atom. The summed E-state index contributed by atoms with van der Waals surface area (Å²) in [5, 5.41) is 10.2. The number of hydrogen-bond donors (Lipinski definition) is 1. The first-order valence-electron chi connectivity index (χ1n) is 8.54. The van der Waals surface area contributed by atoms with Gasteiger partial charge < -0.3 is 9.84 Å². The second-order valence-corrected chi connectivity index (χ2v) is 6.72. The summed E-state index contributed by atoms with van der Waals surface area (Å²) in [6.45, 7) is 7.87. The van der Waals surface area contributed by atoms with E-state index in [2.05, 4.69) is 16.7 Å². The molecule has 0 amide bonds. The largest absolute Gasteiger partial charge is 0.491 e. The van der Waals surface area contributed by atoms with E-state index >= 15 is 0 Å². The van der Waals surface area contributed by atoms with Gasteiger partial charge in [0.2, 0.25) is 0 Å². The number of aliphatic hydroxyl groups excluding tert-OH is 1. The van der Waals surface area contributed by atoms with Crippen LogP contribution < -0.4 is 4.74 Å². The van der Waals surface area contributed by atoms with E-state index in [9.17, 15) is 5.11 Å². The van der Waals surface area contributed by atoms with Crippen LogP contribution >= 0.6 is 0 Å². The molecule has 0 spiro atoms. The first-order chi connectivity index (χ1) is 10.7. The maximum atomic E-state index is 10.2. The van der Waals surface area contributed by atoms with Gasteiger partial charge in [-0.15, -0.1) is 0 Å². The number of benzene rings is 1.